The molecule has 1 fully saturated rings. The van der Waals surface area contributed by atoms with Crippen molar-refractivity contribution in [3.63, 3.8) is 0 Å². The normalized spacial score (nSPS) is 16.0. The average Bonchev–Trinajstić information content (AvgIpc) is 2.87. The van der Waals surface area contributed by atoms with Gasteiger partial charge in [0.05, 0.1) is 12.3 Å². The molecular formula is C12H20N4O3S2. The zero-order valence-electron chi connectivity index (χ0n) is 12.0. The van der Waals surface area contributed by atoms with E-state index in [0.29, 0.717) is 5.00 Å². The molecule has 0 aromatic carbocycles. The summed E-state index contributed by atoms with van der Waals surface area (Å²) >= 11 is 0.971. The lowest BCUT2D eigenvalue weighted by molar-refractivity contribution is -0.130. The van der Waals surface area contributed by atoms with E-state index in [1.54, 1.807) is 11.8 Å². The first kappa shape index (κ1) is 16.0. The van der Waals surface area contributed by atoms with Gasteiger partial charge in [-0.25, -0.2) is 8.42 Å². The number of nitrogens with one attached hydrogen (secondary N) is 1. The maximum atomic E-state index is 12.1. The Morgan fingerprint density at radius 3 is 2.67 bits per heavy atom. The Balaban J connectivity index is 2.05. The van der Waals surface area contributed by atoms with Crippen LogP contribution in [0.4, 0.5) is 10.8 Å². The van der Waals surface area contributed by atoms with E-state index in [0.717, 1.165) is 43.9 Å². The summed E-state index contributed by atoms with van der Waals surface area (Å²) < 4.78 is 27.9. The number of nitrogens with zero attached hydrogens (tertiary/aromatic N) is 2. The van der Waals surface area contributed by atoms with Crippen molar-refractivity contribution in [2.75, 3.05) is 36.4 Å². The molecule has 9 heteroatoms. The summed E-state index contributed by atoms with van der Waals surface area (Å²) in [6.45, 7) is 3.15. The van der Waals surface area contributed by atoms with Crippen LogP contribution in [0.15, 0.2) is 4.90 Å². The van der Waals surface area contributed by atoms with Crippen LogP contribution in [0.25, 0.3) is 0 Å². The van der Waals surface area contributed by atoms with E-state index in [1.165, 1.54) is 0 Å². The Labute approximate surface area is 128 Å². The van der Waals surface area contributed by atoms with Crippen molar-refractivity contribution in [1.82, 2.24) is 9.27 Å². The van der Waals surface area contributed by atoms with Gasteiger partial charge in [0.15, 0.2) is 15.7 Å². The second-order valence-corrected chi connectivity index (χ2v) is 7.91. The number of hydrogen-bond donors (Lipinski definition) is 2. The third-order valence-corrected chi connectivity index (χ3v) is 6.22. The summed E-state index contributed by atoms with van der Waals surface area (Å²) in [5.41, 5.74) is 5.64. The van der Waals surface area contributed by atoms with Gasteiger partial charge in [0.25, 0.3) is 0 Å². The Morgan fingerprint density at radius 2 is 2.05 bits per heavy atom. The van der Waals surface area contributed by atoms with E-state index in [-0.39, 0.29) is 28.9 Å². The van der Waals surface area contributed by atoms with Crippen LogP contribution in [0.3, 0.4) is 0 Å². The molecular weight excluding hydrogens is 312 g/mol. The largest absolute Gasteiger partial charge is 0.382 e. The van der Waals surface area contributed by atoms with E-state index >= 15 is 0 Å². The van der Waals surface area contributed by atoms with Gasteiger partial charge in [-0.15, -0.1) is 0 Å². The summed E-state index contributed by atoms with van der Waals surface area (Å²) in [7, 11) is -3.45. The number of carbonyl (C=O) groups is 1. The molecule has 118 valence electrons. The fourth-order valence-electron chi connectivity index (χ4n) is 2.26. The SMILES string of the molecule is CCS(=O)(=O)c1c(N)nsc1NCC(=O)N1CCCCC1. The molecule has 0 aliphatic carbocycles. The van der Waals surface area contributed by atoms with Gasteiger partial charge in [-0.05, 0) is 30.8 Å². The van der Waals surface area contributed by atoms with Gasteiger partial charge < -0.3 is 16.0 Å². The molecule has 2 heterocycles. The number of nitrogen functional groups attached to an aromatic ring is 1. The standard InChI is InChI=1S/C12H20N4O3S2/c1-2-21(18,19)10-11(13)15-20-12(10)14-8-9(17)16-6-4-3-5-7-16/h14H,2-8H2,1H3,(H2,13,15). The van der Waals surface area contributed by atoms with Crippen LogP contribution >= 0.6 is 11.5 Å². The van der Waals surface area contributed by atoms with Crippen molar-refractivity contribution < 1.29 is 13.2 Å². The maximum absolute atomic E-state index is 12.1. The van der Waals surface area contributed by atoms with Crippen molar-refractivity contribution in [3.05, 3.63) is 0 Å². The van der Waals surface area contributed by atoms with Gasteiger partial charge in [0, 0.05) is 13.1 Å². The molecule has 7 nitrogen and oxygen atoms in total. The minimum Gasteiger partial charge on any atom is -0.382 e. The summed E-state index contributed by atoms with van der Waals surface area (Å²) in [6, 6.07) is 0. The number of amides is 1. The molecule has 2 rings (SSSR count). The van der Waals surface area contributed by atoms with Gasteiger partial charge in [-0.2, -0.15) is 4.37 Å². The molecule has 1 saturated heterocycles. The van der Waals surface area contributed by atoms with Crippen LogP contribution in [-0.2, 0) is 14.6 Å². The summed E-state index contributed by atoms with van der Waals surface area (Å²) in [5.74, 6) is -0.0824. The molecule has 0 radical (unpaired) electrons. The number of sulfone groups is 1. The Bertz CT molecular complexity index is 606. The Kier molecular flexibility index (Phi) is 5.04. The van der Waals surface area contributed by atoms with E-state index < -0.39 is 9.84 Å². The lowest BCUT2D eigenvalue weighted by atomic mass is 10.1. The minimum atomic E-state index is -3.45. The maximum Gasteiger partial charge on any atom is 0.241 e. The number of carbonyl (C=O) groups excluding carboxylic acids is 1. The van der Waals surface area contributed by atoms with E-state index in [2.05, 4.69) is 9.69 Å². The zero-order chi connectivity index (χ0) is 15.5. The second kappa shape index (κ2) is 6.61. The second-order valence-electron chi connectivity index (χ2n) is 4.92. The number of aromatic nitrogens is 1. The molecule has 1 aromatic rings. The van der Waals surface area contributed by atoms with Crippen molar-refractivity contribution in [1.29, 1.82) is 0 Å². The van der Waals surface area contributed by atoms with Crippen LogP contribution in [0, 0.1) is 0 Å². The van der Waals surface area contributed by atoms with E-state index in [9.17, 15) is 13.2 Å². The summed E-state index contributed by atoms with van der Waals surface area (Å²) in [5, 5.41) is 3.22. The molecule has 1 amide bonds. The molecule has 1 aromatic heterocycles. The highest BCUT2D eigenvalue weighted by atomic mass is 32.2. The monoisotopic (exact) mass is 332 g/mol. The van der Waals surface area contributed by atoms with E-state index in [1.807, 2.05) is 0 Å². The molecule has 0 unspecified atom stereocenters. The third kappa shape index (κ3) is 3.65. The Morgan fingerprint density at radius 1 is 1.38 bits per heavy atom. The van der Waals surface area contributed by atoms with Crippen molar-refractivity contribution >= 4 is 38.1 Å². The fraction of sp³-hybridized carbons (Fsp3) is 0.667. The minimum absolute atomic E-state index is 0.00484. The third-order valence-electron chi connectivity index (χ3n) is 3.47. The molecule has 0 bridgehead atoms. The number of likely N-dealkylation sites (tertiary alicyclic amines) is 1. The quantitative estimate of drug-likeness (QED) is 0.831. The topological polar surface area (TPSA) is 105 Å². The molecule has 3 N–H and O–H groups in total. The van der Waals surface area contributed by atoms with Crippen LogP contribution < -0.4 is 11.1 Å². The van der Waals surface area contributed by atoms with Gasteiger partial charge in [-0.1, -0.05) is 6.92 Å². The van der Waals surface area contributed by atoms with Crippen LogP contribution in [0.2, 0.25) is 0 Å². The molecule has 1 aliphatic heterocycles. The molecule has 0 spiro atoms. The summed E-state index contributed by atoms with van der Waals surface area (Å²) in [4.78, 5) is 13.9. The summed E-state index contributed by atoms with van der Waals surface area (Å²) in [6.07, 6.45) is 3.20. The molecule has 21 heavy (non-hydrogen) atoms. The number of rotatable bonds is 5. The predicted octanol–water partition coefficient (Wildman–Crippen LogP) is 0.943. The van der Waals surface area contributed by atoms with Gasteiger partial charge >= 0.3 is 0 Å². The molecule has 0 saturated carbocycles. The van der Waals surface area contributed by atoms with E-state index in [4.69, 9.17) is 5.73 Å². The van der Waals surface area contributed by atoms with Gasteiger partial charge in [0.1, 0.15) is 9.90 Å². The lowest BCUT2D eigenvalue weighted by Crippen LogP contribution is -2.39. The van der Waals surface area contributed by atoms with Gasteiger partial charge in [-0.3, -0.25) is 4.79 Å². The lowest BCUT2D eigenvalue weighted by Gasteiger charge is -2.26. The first-order valence-corrected chi connectivity index (χ1v) is 9.38. The van der Waals surface area contributed by atoms with Crippen molar-refractivity contribution in [2.24, 2.45) is 0 Å². The predicted molar refractivity (Wildman–Crippen MR) is 83.2 cm³/mol. The van der Waals surface area contributed by atoms with Crippen LogP contribution in [0.1, 0.15) is 26.2 Å². The average molecular weight is 332 g/mol. The molecule has 1 aliphatic rings. The van der Waals surface area contributed by atoms with Crippen molar-refractivity contribution in [3.8, 4) is 0 Å². The highest BCUT2D eigenvalue weighted by molar-refractivity contribution is 7.91. The first-order valence-electron chi connectivity index (χ1n) is 6.95. The fourth-order valence-corrected chi connectivity index (χ4v) is 4.43. The number of piperidine rings is 1. The first-order chi connectivity index (χ1) is 9.95. The smallest absolute Gasteiger partial charge is 0.241 e. The number of nitrogens with two attached hydrogens (primary N) is 1. The van der Waals surface area contributed by atoms with Crippen molar-refractivity contribution in [2.45, 2.75) is 31.1 Å². The zero-order valence-corrected chi connectivity index (χ0v) is 13.6. The number of hydrogen-bond acceptors (Lipinski definition) is 7. The Hall–Kier alpha value is -1.35. The highest BCUT2D eigenvalue weighted by Gasteiger charge is 2.25. The number of anilines is 2. The highest BCUT2D eigenvalue weighted by Crippen LogP contribution is 2.32. The van der Waals surface area contributed by atoms with Crippen LogP contribution in [-0.4, -0.2) is 49.0 Å². The van der Waals surface area contributed by atoms with Gasteiger partial charge in [0.2, 0.25) is 5.91 Å². The molecule has 0 atom stereocenters. The van der Waals surface area contributed by atoms with Crippen LogP contribution in [0.5, 0.6) is 0 Å².